The Kier molecular flexibility index (Phi) is 10.7. The van der Waals surface area contributed by atoms with Crippen LogP contribution in [0.2, 0.25) is 0 Å². The quantitative estimate of drug-likeness (QED) is 0.122. The van der Waals surface area contributed by atoms with E-state index in [1.807, 2.05) is 12.1 Å². The van der Waals surface area contributed by atoms with Crippen molar-refractivity contribution < 1.29 is 0 Å². The van der Waals surface area contributed by atoms with Gasteiger partial charge >= 0.3 is 0 Å². The molecule has 0 aliphatic heterocycles. The van der Waals surface area contributed by atoms with Crippen LogP contribution in [-0.4, -0.2) is 0 Å². The molecule has 0 amide bonds. The van der Waals surface area contributed by atoms with Crippen molar-refractivity contribution in [3.05, 3.63) is 129 Å². The number of unbranched alkanes of at least 4 members (excludes halogenated alkanes) is 6. The third-order valence-electron chi connectivity index (χ3n) is 8.98. The Labute approximate surface area is 249 Å². The summed E-state index contributed by atoms with van der Waals surface area (Å²) in [6.45, 7) is 9.04. The van der Waals surface area contributed by atoms with Crippen molar-refractivity contribution in [1.29, 1.82) is 0 Å². The van der Waals surface area contributed by atoms with E-state index >= 15 is 0 Å². The maximum absolute atomic E-state index is 5.98. The van der Waals surface area contributed by atoms with Crippen LogP contribution in [-0.2, 0) is 18.3 Å². The summed E-state index contributed by atoms with van der Waals surface area (Å²) in [6.07, 6.45) is 12.3. The first-order chi connectivity index (χ1) is 19.8. The summed E-state index contributed by atoms with van der Waals surface area (Å²) in [7, 11) is 0. The second kappa shape index (κ2) is 14.4. The molecule has 0 unspecified atom stereocenters. The highest BCUT2D eigenvalue weighted by Crippen LogP contribution is 2.38. The molecule has 4 aromatic carbocycles. The second-order valence-corrected chi connectivity index (χ2v) is 12.3. The first-order valence-corrected chi connectivity index (χ1v) is 15.7. The summed E-state index contributed by atoms with van der Waals surface area (Å²) in [4.78, 5) is 0. The first-order valence-electron chi connectivity index (χ1n) is 15.7. The molecule has 0 atom stereocenters. The molecule has 4 aromatic rings. The van der Waals surface area contributed by atoms with E-state index in [-0.39, 0.29) is 5.41 Å². The molecule has 0 aliphatic rings. The van der Waals surface area contributed by atoms with E-state index in [0.29, 0.717) is 0 Å². The largest absolute Gasteiger partial charge is 0.399 e. The van der Waals surface area contributed by atoms with Crippen molar-refractivity contribution in [2.45, 2.75) is 97.3 Å². The van der Waals surface area contributed by atoms with Crippen LogP contribution in [0, 0.1) is 13.8 Å². The van der Waals surface area contributed by atoms with E-state index in [1.54, 1.807) is 0 Å². The van der Waals surface area contributed by atoms with Gasteiger partial charge in [-0.1, -0.05) is 119 Å². The molecule has 0 radical (unpaired) electrons. The fourth-order valence-electron chi connectivity index (χ4n) is 6.15. The van der Waals surface area contributed by atoms with Crippen LogP contribution in [0.1, 0.15) is 110 Å². The molecule has 4 rings (SSSR count). The summed E-state index contributed by atoms with van der Waals surface area (Å²) < 4.78 is 0. The van der Waals surface area contributed by atoms with Gasteiger partial charge in [0, 0.05) is 16.8 Å². The third-order valence-corrected chi connectivity index (χ3v) is 8.98. The van der Waals surface area contributed by atoms with Gasteiger partial charge in [0.2, 0.25) is 0 Å². The molecule has 0 bridgehead atoms. The Morgan fingerprint density at radius 1 is 0.537 bits per heavy atom. The van der Waals surface area contributed by atoms with E-state index in [1.165, 1.54) is 89.5 Å². The molecule has 2 heteroatoms. The standard InChI is InChI=1S/C39H50N2/c1-5-6-7-8-9-10-11-24-39(4,35-18-12-31(13-19-35)27-33-16-22-37(40)25-29(33)2)36-20-14-32(15-21-36)28-34-17-23-38(41)26-30(34)3/h12-23,25-26H,5-11,24,27-28,40-41H2,1-4H3. The monoisotopic (exact) mass is 546 g/mol. The summed E-state index contributed by atoms with van der Waals surface area (Å²) in [6, 6.07) is 31.3. The number of rotatable bonds is 14. The lowest BCUT2D eigenvalue weighted by molar-refractivity contribution is 0.471. The predicted molar refractivity (Wildman–Crippen MR) is 179 cm³/mol. The average molecular weight is 547 g/mol. The van der Waals surface area contributed by atoms with E-state index < -0.39 is 0 Å². The Balaban J connectivity index is 1.53. The Bertz CT molecular complexity index is 1290. The van der Waals surface area contributed by atoms with Gasteiger partial charge in [0.1, 0.15) is 0 Å². The molecule has 0 aromatic heterocycles. The lowest BCUT2D eigenvalue weighted by Gasteiger charge is -2.32. The summed E-state index contributed by atoms with van der Waals surface area (Å²) in [5, 5.41) is 0. The number of nitrogen functional groups attached to an aromatic ring is 2. The molecule has 216 valence electrons. The maximum Gasteiger partial charge on any atom is 0.0316 e. The lowest BCUT2D eigenvalue weighted by Crippen LogP contribution is -2.24. The smallest absolute Gasteiger partial charge is 0.0316 e. The van der Waals surface area contributed by atoms with Gasteiger partial charge < -0.3 is 11.5 Å². The molecule has 2 nitrogen and oxygen atoms in total. The SMILES string of the molecule is CCCCCCCCCC(C)(c1ccc(Cc2ccc(N)cc2C)cc1)c1ccc(Cc2ccc(N)cc2C)cc1. The molecule has 0 aliphatic carbocycles. The van der Waals surface area contributed by atoms with Gasteiger partial charge in [-0.2, -0.15) is 0 Å². The van der Waals surface area contributed by atoms with Crippen LogP contribution in [0.15, 0.2) is 84.9 Å². The molecule has 0 saturated carbocycles. The zero-order valence-electron chi connectivity index (χ0n) is 25.8. The summed E-state index contributed by atoms with van der Waals surface area (Å²) in [5.41, 5.74) is 24.3. The van der Waals surface area contributed by atoms with Crippen LogP contribution in [0.25, 0.3) is 0 Å². The van der Waals surface area contributed by atoms with Gasteiger partial charge in [-0.25, -0.2) is 0 Å². The van der Waals surface area contributed by atoms with Crippen LogP contribution >= 0.6 is 0 Å². The Morgan fingerprint density at radius 3 is 1.37 bits per heavy atom. The van der Waals surface area contributed by atoms with Crippen molar-refractivity contribution in [2.75, 3.05) is 11.5 Å². The summed E-state index contributed by atoms with van der Waals surface area (Å²) in [5.74, 6) is 0. The van der Waals surface area contributed by atoms with Gasteiger partial charge in [-0.3, -0.25) is 0 Å². The highest BCUT2D eigenvalue weighted by molar-refractivity contribution is 5.48. The highest BCUT2D eigenvalue weighted by atomic mass is 14.5. The maximum atomic E-state index is 5.98. The molecule has 4 N–H and O–H groups in total. The Hall–Kier alpha value is -3.52. The molecule has 41 heavy (non-hydrogen) atoms. The second-order valence-electron chi connectivity index (χ2n) is 12.3. The third kappa shape index (κ3) is 8.26. The normalized spacial score (nSPS) is 11.6. The molecule has 0 fully saturated rings. The minimum atomic E-state index is -0.0191. The number of aryl methyl sites for hydroxylation is 2. The van der Waals surface area contributed by atoms with Crippen LogP contribution in [0.5, 0.6) is 0 Å². The van der Waals surface area contributed by atoms with Crippen molar-refractivity contribution >= 4 is 11.4 Å². The topological polar surface area (TPSA) is 52.0 Å². The zero-order valence-corrected chi connectivity index (χ0v) is 25.8. The molecular weight excluding hydrogens is 496 g/mol. The molecule has 0 spiro atoms. The summed E-state index contributed by atoms with van der Waals surface area (Å²) >= 11 is 0. The molecule has 0 heterocycles. The Morgan fingerprint density at radius 2 is 0.951 bits per heavy atom. The molecular formula is C39H50N2. The van der Waals surface area contributed by atoms with Crippen molar-refractivity contribution in [1.82, 2.24) is 0 Å². The lowest BCUT2D eigenvalue weighted by atomic mass is 9.72. The van der Waals surface area contributed by atoms with Gasteiger partial charge in [0.25, 0.3) is 0 Å². The predicted octanol–water partition coefficient (Wildman–Crippen LogP) is 10.1. The van der Waals surface area contributed by atoms with Gasteiger partial charge in [-0.15, -0.1) is 0 Å². The van der Waals surface area contributed by atoms with Crippen molar-refractivity contribution in [2.24, 2.45) is 0 Å². The van der Waals surface area contributed by atoms with Crippen molar-refractivity contribution in [3.8, 4) is 0 Å². The number of nitrogens with two attached hydrogens (primary N) is 2. The van der Waals surface area contributed by atoms with E-state index in [0.717, 1.165) is 30.6 Å². The van der Waals surface area contributed by atoms with Gasteiger partial charge in [0.05, 0.1) is 0 Å². The minimum absolute atomic E-state index is 0.0191. The highest BCUT2D eigenvalue weighted by Gasteiger charge is 2.28. The number of hydrogen-bond donors (Lipinski definition) is 2. The van der Waals surface area contributed by atoms with E-state index in [9.17, 15) is 0 Å². The van der Waals surface area contributed by atoms with Gasteiger partial charge in [0.15, 0.2) is 0 Å². The van der Waals surface area contributed by atoms with Crippen LogP contribution in [0.3, 0.4) is 0 Å². The minimum Gasteiger partial charge on any atom is -0.399 e. The van der Waals surface area contributed by atoms with Crippen LogP contribution < -0.4 is 11.5 Å². The number of hydrogen-bond acceptors (Lipinski definition) is 2. The average Bonchev–Trinajstić information content (AvgIpc) is 2.96. The number of anilines is 2. The van der Waals surface area contributed by atoms with Gasteiger partial charge in [-0.05, 0) is 102 Å². The fourth-order valence-corrected chi connectivity index (χ4v) is 6.15. The van der Waals surface area contributed by atoms with E-state index in [2.05, 4.69) is 100 Å². The fraction of sp³-hybridized carbons (Fsp3) is 0.385. The number of benzene rings is 4. The zero-order chi connectivity index (χ0) is 29.2. The van der Waals surface area contributed by atoms with Crippen LogP contribution in [0.4, 0.5) is 11.4 Å². The molecule has 0 saturated heterocycles. The van der Waals surface area contributed by atoms with E-state index in [4.69, 9.17) is 11.5 Å². The first kappa shape index (κ1) is 30.4. The van der Waals surface area contributed by atoms with Crippen molar-refractivity contribution in [3.63, 3.8) is 0 Å².